The van der Waals surface area contributed by atoms with E-state index in [-0.39, 0.29) is 17.8 Å². The van der Waals surface area contributed by atoms with Crippen LogP contribution in [-0.2, 0) is 4.74 Å². The zero-order chi connectivity index (χ0) is 7.07. The molecule has 2 atom stereocenters. The van der Waals surface area contributed by atoms with Crippen LogP contribution in [0.5, 0.6) is 0 Å². The highest BCUT2D eigenvalue weighted by atomic mass is 16.6. The Labute approximate surface area is 55.8 Å². The Balaban J connectivity index is 2.33. The first kappa shape index (κ1) is 7.03. The Morgan fingerprint density at radius 2 is 2.11 bits per heavy atom. The van der Waals surface area contributed by atoms with E-state index in [2.05, 4.69) is 0 Å². The van der Waals surface area contributed by atoms with E-state index in [9.17, 15) is 5.11 Å². The molecule has 0 saturated carbocycles. The summed E-state index contributed by atoms with van der Waals surface area (Å²) >= 11 is 0. The molecule has 0 spiro atoms. The van der Waals surface area contributed by atoms with E-state index < -0.39 is 0 Å². The van der Waals surface area contributed by atoms with Crippen molar-refractivity contribution in [3.8, 4) is 0 Å². The van der Waals surface area contributed by atoms with Gasteiger partial charge in [-0.15, -0.1) is 0 Å². The molecule has 54 valence electrons. The predicted molar refractivity (Wildman–Crippen MR) is 35.2 cm³/mol. The molecule has 1 aliphatic heterocycles. The van der Waals surface area contributed by atoms with Crippen molar-refractivity contribution < 1.29 is 9.84 Å². The van der Waals surface area contributed by atoms with Gasteiger partial charge in [0.05, 0.1) is 11.7 Å². The molecule has 0 aromatic carbocycles. The molecular formula is C7H14O2. The lowest BCUT2D eigenvalue weighted by Gasteiger charge is -2.02. The number of aliphatic hydroxyl groups is 1. The van der Waals surface area contributed by atoms with Crippen molar-refractivity contribution in [3.05, 3.63) is 0 Å². The molecule has 1 heterocycles. The zero-order valence-electron chi connectivity index (χ0n) is 6.22. The molecule has 1 rings (SSSR count). The fraction of sp³-hybridized carbons (Fsp3) is 1.00. The van der Waals surface area contributed by atoms with Crippen LogP contribution in [0, 0.1) is 0 Å². The van der Waals surface area contributed by atoms with Crippen LogP contribution in [0.2, 0.25) is 0 Å². The highest BCUT2D eigenvalue weighted by molar-refractivity contribution is 4.98. The van der Waals surface area contributed by atoms with Crippen LogP contribution in [0.4, 0.5) is 0 Å². The maximum atomic E-state index is 9.21. The first-order chi connectivity index (χ1) is 4.08. The van der Waals surface area contributed by atoms with Gasteiger partial charge in [-0.25, -0.2) is 0 Å². The van der Waals surface area contributed by atoms with Crippen molar-refractivity contribution in [3.63, 3.8) is 0 Å². The molecular weight excluding hydrogens is 116 g/mol. The van der Waals surface area contributed by atoms with Gasteiger partial charge in [0.2, 0.25) is 0 Å². The standard InChI is InChI=1S/C7H14O2/c1-4-5(8)6-7(2,3)9-6/h5-6,8H,4H2,1-3H3. The minimum atomic E-state index is -0.264. The van der Waals surface area contributed by atoms with Gasteiger partial charge < -0.3 is 9.84 Å². The van der Waals surface area contributed by atoms with Gasteiger partial charge in [-0.1, -0.05) is 6.92 Å². The molecule has 2 unspecified atom stereocenters. The molecule has 1 N–H and O–H groups in total. The van der Waals surface area contributed by atoms with Crippen LogP contribution in [0.3, 0.4) is 0 Å². The Bertz CT molecular complexity index is 109. The second-order valence-electron chi connectivity index (χ2n) is 3.12. The van der Waals surface area contributed by atoms with Crippen molar-refractivity contribution in [2.45, 2.75) is 45.0 Å². The maximum Gasteiger partial charge on any atom is 0.113 e. The van der Waals surface area contributed by atoms with Gasteiger partial charge in [-0.2, -0.15) is 0 Å². The second kappa shape index (κ2) is 1.96. The third-order valence-electron chi connectivity index (χ3n) is 1.83. The van der Waals surface area contributed by atoms with E-state index in [0.717, 1.165) is 6.42 Å². The molecule has 1 fully saturated rings. The van der Waals surface area contributed by atoms with Crippen molar-refractivity contribution >= 4 is 0 Å². The molecule has 0 aromatic rings. The van der Waals surface area contributed by atoms with Crippen molar-refractivity contribution in [2.75, 3.05) is 0 Å². The quantitative estimate of drug-likeness (QED) is 0.564. The first-order valence-corrected chi connectivity index (χ1v) is 3.44. The topological polar surface area (TPSA) is 32.8 Å². The highest BCUT2D eigenvalue weighted by Crippen LogP contribution is 2.38. The lowest BCUT2D eigenvalue weighted by Crippen LogP contribution is -2.18. The van der Waals surface area contributed by atoms with E-state index in [1.165, 1.54) is 0 Å². The third-order valence-corrected chi connectivity index (χ3v) is 1.83. The largest absolute Gasteiger partial charge is 0.390 e. The van der Waals surface area contributed by atoms with Crippen molar-refractivity contribution in [2.24, 2.45) is 0 Å². The monoisotopic (exact) mass is 130 g/mol. The van der Waals surface area contributed by atoms with Crippen LogP contribution in [0.1, 0.15) is 27.2 Å². The van der Waals surface area contributed by atoms with Crippen LogP contribution in [0.25, 0.3) is 0 Å². The van der Waals surface area contributed by atoms with Gasteiger partial charge in [0, 0.05) is 0 Å². The fourth-order valence-corrected chi connectivity index (χ4v) is 1.05. The summed E-state index contributed by atoms with van der Waals surface area (Å²) in [5.41, 5.74) is -0.0601. The summed E-state index contributed by atoms with van der Waals surface area (Å²) in [4.78, 5) is 0. The smallest absolute Gasteiger partial charge is 0.113 e. The molecule has 2 heteroatoms. The summed E-state index contributed by atoms with van der Waals surface area (Å²) in [5.74, 6) is 0. The molecule has 1 aliphatic rings. The normalized spacial score (nSPS) is 34.0. The van der Waals surface area contributed by atoms with Crippen LogP contribution in [-0.4, -0.2) is 22.9 Å². The summed E-state index contributed by atoms with van der Waals surface area (Å²) in [6, 6.07) is 0. The average molecular weight is 130 g/mol. The van der Waals surface area contributed by atoms with E-state index in [0.29, 0.717) is 0 Å². The van der Waals surface area contributed by atoms with Gasteiger partial charge in [-0.05, 0) is 20.3 Å². The maximum absolute atomic E-state index is 9.21. The summed E-state index contributed by atoms with van der Waals surface area (Å²) in [6.07, 6.45) is 0.608. The van der Waals surface area contributed by atoms with Crippen LogP contribution < -0.4 is 0 Å². The van der Waals surface area contributed by atoms with Gasteiger partial charge in [0.1, 0.15) is 6.10 Å². The molecule has 0 aromatic heterocycles. The summed E-state index contributed by atoms with van der Waals surface area (Å²) in [6.45, 7) is 5.95. The predicted octanol–water partition coefficient (Wildman–Crippen LogP) is 0.935. The van der Waals surface area contributed by atoms with Gasteiger partial charge in [0.25, 0.3) is 0 Å². The van der Waals surface area contributed by atoms with Crippen LogP contribution in [0.15, 0.2) is 0 Å². The molecule has 2 nitrogen and oxygen atoms in total. The number of hydrogen-bond donors (Lipinski definition) is 1. The molecule has 1 saturated heterocycles. The summed E-state index contributed by atoms with van der Waals surface area (Å²) < 4.78 is 5.21. The molecule has 9 heavy (non-hydrogen) atoms. The minimum Gasteiger partial charge on any atom is -0.390 e. The Morgan fingerprint density at radius 1 is 1.67 bits per heavy atom. The van der Waals surface area contributed by atoms with Crippen molar-refractivity contribution in [1.29, 1.82) is 0 Å². The number of aliphatic hydroxyl groups excluding tert-OH is 1. The SMILES string of the molecule is CCC(O)C1OC1(C)C. The zero-order valence-corrected chi connectivity index (χ0v) is 6.22. The summed E-state index contributed by atoms with van der Waals surface area (Å²) in [7, 11) is 0. The van der Waals surface area contributed by atoms with E-state index in [1.54, 1.807) is 0 Å². The second-order valence-corrected chi connectivity index (χ2v) is 3.12. The molecule has 0 aliphatic carbocycles. The van der Waals surface area contributed by atoms with Crippen LogP contribution >= 0.6 is 0 Å². The fourth-order valence-electron chi connectivity index (χ4n) is 1.05. The van der Waals surface area contributed by atoms with Gasteiger partial charge >= 0.3 is 0 Å². The molecule has 0 bridgehead atoms. The Hall–Kier alpha value is -0.0800. The lowest BCUT2D eigenvalue weighted by molar-refractivity contribution is 0.131. The summed E-state index contributed by atoms with van der Waals surface area (Å²) in [5, 5.41) is 9.21. The number of ether oxygens (including phenoxy) is 1. The van der Waals surface area contributed by atoms with E-state index in [1.807, 2.05) is 20.8 Å². The Morgan fingerprint density at radius 3 is 2.22 bits per heavy atom. The average Bonchev–Trinajstić information content (AvgIpc) is 2.38. The minimum absolute atomic E-state index is 0.0601. The van der Waals surface area contributed by atoms with Gasteiger partial charge in [-0.3, -0.25) is 0 Å². The van der Waals surface area contributed by atoms with E-state index >= 15 is 0 Å². The molecule has 0 radical (unpaired) electrons. The van der Waals surface area contributed by atoms with E-state index in [4.69, 9.17) is 4.74 Å². The molecule has 0 amide bonds. The number of rotatable bonds is 2. The van der Waals surface area contributed by atoms with Gasteiger partial charge in [0.15, 0.2) is 0 Å². The number of epoxide rings is 1. The first-order valence-electron chi connectivity index (χ1n) is 3.44. The number of hydrogen-bond acceptors (Lipinski definition) is 2. The highest BCUT2D eigenvalue weighted by Gasteiger charge is 2.51. The Kier molecular flexibility index (Phi) is 1.53. The van der Waals surface area contributed by atoms with Crippen molar-refractivity contribution in [1.82, 2.24) is 0 Å². The third kappa shape index (κ3) is 1.25. The lowest BCUT2D eigenvalue weighted by atomic mass is 10.0.